The van der Waals surface area contributed by atoms with E-state index in [9.17, 15) is 0 Å². The van der Waals surface area contributed by atoms with E-state index >= 15 is 0 Å². The second-order valence-corrected chi connectivity index (χ2v) is 5.26. The third-order valence-corrected chi connectivity index (χ3v) is 3.44. The van der Waals surface area contributed by atoms with Gasteiger partial charge in [0.1, 0.15) is 12.2 Å². The highest BCUT2D eigenvalue weighted by Gasteiger charge is 2.15. The Kier molecular flexibility index (Phi) is 5.04. The molecule has 2 rings (SSSR count). The fraction of sp³-hybridized carbons (Fsp3) is 0.462. The lowest BCUT2D eigenvalue weighted by molar-refractivity contribution is 0.510. The van der Waals surface area contributed by atoms with Gasteiger partial charge in [-0.15, -0.1) is 0 Å². The quantitative estimate of drug-likeness (QED) is 0.886. The van der Waals surface area contributed by atoms with E-state index in [4.69, 9.17) is 0 Å². The predicted molar refractivity (Wildman–Crippen MR) is 77.8 cm³/mol. The summed E-state index contributed by atoms with van der Waals surface area (Å²) in [5.74, 6) is 0.992. The third kappa shape index (κ3) is 3.61. The average Bonchev–Trinajstić information content (AvgIpc) is 2.85. The first-order valence-corrected chi connectivity index (χ1v) is 7.19. The largest absolute Gasteiger partial charge is 0.311 e. The van der Waals surface area contributed by atoms with Gasteiger partial charge >= 0.3 is 0 Å². The van der Waals surface area contributed by atoms with Crippen LogP contribution in [-0.2, 0) is 13.0 Å². The molecule has 0 fully saturated rings. The zero-order valence-corrected chi connectivity index (χ0v) is 12.8. The van der Waals surface area contributed by atoms with Crippen molar-refractivity contribution in [2.24, 2.45) is 0 Å². The lowest BCUT2D eigenvalue weighted by atomic mass is 10.1. The standard InChI is InChI=1S/C13H18BrN5/c1-3-6-19-13(17-9-18-19)7-12(15-2)11-5-4-10(14)8-16-11/h4-5,8-9,12,15H,3,6-7H2,1-2H3. The molecule has 5 nitrogen and oxygen atoms in total. The first-order valence-electron chi connectivity index (χ1n) is 6.40. The summed E-state index contributed by atoms with van der Waals surface area (Å²) >= 11 is 3.40. The van der Waals surface area contributed by atoms with Crippen molar-refractivity contribution in [3.8, 4) is 0 Å². The highest BCUT2D eigenvalue weighted by molar-refractivity contribution is 9.10. The van der Waals surface area contributed by atoms with Gasteiger partial charge in [0.25, 0.3) is 0 Å². The fourth-order valence-corrected chi connectivity index (χ4v) is 2.21. The van der Waals surface area contributed by atoms with Crippen molar-refractivity contribution < 1.29 is 0 Å². The number of pyridine rings is 1. The minimum absolute atomic E-state index is 0.146. The molecule has 2 aromatic heterocycles. The molecule has 1 atom stereocenters. The third-order valence-electron chi connectivity index (χ3n) is 2.97. The van der Waals surface area contributed by atoms with Crippen LogP contribution in [0.2, 0.25) is 0 Å². The summed E-state index contributed by atoms with van der Waals surface area (Å²) < 4.78 is 2.95. The summed E-state index contributed by atoms with van der Waals surface area (Å²) in [5, 5.41) is 7.54. The molecule has 6 heteroatoms. The molecule has 2 heterocycles. The summed E-state index contributed by atoms with van der Waals surface area (Å²) in [6.45, 7) is 3.04. The molecule has 0 bridgehead atoms. The van der Waals surface area contributed by atoms with Crippen molar-refractivity contribution in [2.75, 3.05) is 7.05 Å². The van der Waals surface area contributed by atoms with Gasteiger partial charge in [0.05, 0.1) is 11.7 Å². The summed E-state index contributed by atoms with van der Waals surface area (Å²) in [5.41, 5.74) is 1.01. The summed E-state index contributed by atoms with van der Waals surface area (Å²) in [7, 11) is 1.94. The van der Waals surface area contributed by atoms with Crippen LogP contribution in [0, 0.1) is 0 Å². The first-order chi connectivity index (χ1) is 9.24. The number of aryl methyl sites for hydroxylation is 1. The number of aromatic nitrogens is 4. The van der Waals surface area contributed by atoms with E-state index in [1.807, 2.05) is 30.1 Å². The Balaban J connectivity index is 2.14. The minimum atomic E-state index is 0.146. The van der Waals surface area contributed by atoms with Crippen molar-refractivity contribution in [1.82, 2.24) is 25.1 Å². The number of halogens is 1. The van der Waals surface area contributed by atoms with Crippen molar-refractivity contribution in [1.29, 1.82) is 0 Å². The first kappa shape index (κ1) is 14.1. The molecule has 0 aromatic carbocycles. The van der Waals surface area contributed by atoms with E-state index in [2.05, 4.69) is 43.2 Å². The van der Waals surface area contributed by atoms with Crippen LogP contribution >= 0.6 is 15.9 Å². The second-order valence-electron chi connectivity index (χ2n) is 4.35. The number of nitrogens with zero attached hydrogens (tertiary/aromatic N) is 4. The minimum Gasteiger partial charge on any atom is -0.311 e. The molecule has 1 unspecified atom stereocenters. The van der Waals surface area contributed by atoms with Gasteiger partial charge in [0.15, 0.2) is 0 Å². The van der Waals surface area contributed by atoms with Crippen LogP contribution in [0.3, 0.4) is 0 Å². The van der Waals surface area contributed by atoms with Gasteiger partial charge in [-0.3, -0.25) is 9.67 Å². The highest BCUT2D eigenvalue weighted by atomic mass is 79.9. The second kappa shape index (κ2) is 6.77. The Bertz CT molecular complexity index is 508. The molecule has 2 aromatic rings. The molecule has 0 aliphatic heterocycles. The fourth-order valence-electron chi connectivity index (χ4n) is 1.98. The molecule has 102 valence electrons. The molecular weight excluding hydrogens is 306 g/mol. The number of rotatable bonds is 6. The van der Waals surface area contributed by atoms with Crippen LogP contribution in [0.15, 0.2) is 29.1 Å². The van der Waals surface area contributed by atoms with Gasteiger partial charge < -0.3 is 5.32 Å². The van der Waals surface area contributed by atoms with Gasteiger partial charge in [0.2, 0.25) is 0 Å². The molecule has 19 heavy (non-hydrogen) atoms. The Morgan fingerprint density at radius 3 is 2.84 bits per heavy atom. The summed E-state index contributed by atoms with van der Waals surface area (Å²) in [4.78, 5) is 8.78. The van der Waals surface area contributed by atoms with E-state index in [-0.39, 0.29) is 6.04 Å². The number of hydrogen-bond acceptors (Lipinski definition) is 4. The summed E-state index contributed by atoms with van der Waals surface area (Å²) in [6, 6.07) is 4.17. The maximum Gasteiger partial charge on any atom is 0.138 e. The van der Waals surface area contributed by atoms with Crippen LogP contribution in [0.4, 0.5) is 0 Å². The topological polar surface area (TPSA) is 55.6 Å². The van der Waals surface area contributed by atoms with Gasteiger partial charge in [0, 0.05) is 23.6 Å². The van der Waals surface area contributed by atoms with E-state index in [0.717, 1.165) is 35.4 Å². The SMILES string of the molecule is CCCn1ncnc1CC(NC)c1ccc(Br)cn1. The van der Waals surface area contributed by atoms with E-state index in [0.29, 0.717) is 0 Å². The van der Waals surface area contributed by atoms with Gasteiger partial charge in [-0.2, -0.15) is 5.10 Å². The smallest absolute Gasteiger partial charge is 0.138 e. The van der Waals surface area contributed by atoms with E-state index < -0.39 is 0 Å². The Labute approximate surface area is 121 Å². The van der Waals surface area contributed by atoms with Crippen LogP contribution in [0.25, 0.3) is 0 Å². The van der Waals surface area contributed by atoms with Crippen LogP contribution in [0.1, 0.15) is 30.9 Å². The highest BCUT2D eigenvalue weighted by Crippen LogP contribution is 2.17. The Morgan fingerprint density at radius 2 is 2.21 bits per heavy atom. The maximum absolute atomic E-state index is 4.44. The molecule has 0 aliphatic rings. The molecule has 0 saturated carbocycles. The molecule has 0 amide bonds. The van der Waals surface area contributed by atoms with Crippen molar-refractivity contribution >= 4 is 15.9 Å². The Morgan fingerprint density at radius 1 is 1.37 bits per heavy atom. The molecule has 0 radical (unpaired) electrons. The van der Waals surface area contributed by atoms with Crippen molar-refractivity contribution in [3.63, 3.8) is 0 Å². The maximum atomic E-state index is 4.44. The van der Waals surface area contributed by atoms with Crippen molar-refractivity contribution in [3.05, 3.63) is 40.6 Å². The molecule has 0 saturated heterocycles. The monoisotopic (exact) mass is 323 g/mol. The lowest BCUT2D eigenvalue weighted by Gasteiger charge is -2.15. The normalized spacial score (nSPS) is 12.6. The number of hydrogen-bond donors (Lipinski definition) is 1. The van der Waals surface area contributed by atoms with Gasteiger partial charge in [-0.05, 0) is 41.5 Å². The average molecular weight is 324 g/mol. The van der Waals surface area contributed by atoms with Crippen molar-refractivity contribution in [2.45, 2.75) is 32.4 Å². The lowest BCUT2D eigenvalue weighted by Crippen LogP contribution is -2.22. The number of nitrogens with one attached hydrogen (secondary N) is 1. The van der Waals surface area contributed by atoms with E-state index in [1.165, 1.54) is 0 Å². The van der Waals surface area contributed by atoms with E-state index in [1.54, 1.807) is 6.33 Å². The van der Waals surface area contributed by atoms with Gasteiger partial charge in [-0.1, -0.05) is 6.92 Å². The van der Waals surface area contributed by atoms with Crippen LogP contribution in [0.5, 0.6) is 0 Å². The zero-order chi connectivity index (χ0) is 13.7. The molecule has 0 spiro atoms. The zero-order valence-electron chi connectivity index (χ0n) is 11.2. The molecular formula is C13H18BrN5. The number of likely N-dealkylation sites (N-methyl/N-ethyl adjacent to an activating group) is 1. The molecule has 0 aliphatic carbocycles. The van der Waals surface area contributed by atoms with Crippen LogP contribution < -0.4 is 5.32 Å². The predicted octanol–water partition coefficient (Wildman–Crippen LogP) is 2.35. The Hall–Kier alpha value is -1.27. The molecule has 1 N–H and O–H groups in total. The van der Waals surface area contributed by atoms with Crippen LogP contribution in [-0.4, -0.2) is 26.8 Å². The summed E-state index contributed by atoms with van der Waals surface area (Å²) in [6.07, 6.45) is 5.27. The van der Waals surface area contributed by atoms with Gasteiger partial charge in [-0.25, -0.2) is 4.98 Å².